The minimum absolute atomic E-state index is 0.209. The van der Waals surface area contributed by atoms with Gasteiger partial charge in [0.2, 0.25) is 0 Å². The van der Waals surface area contributed by atoms with Crippen molar-refractivity contribution in [1.82, 2.24) is 5.32 Å². The molecule has 0 spiro atoms. The third-order valence-corrected chi connectivity index (χ3v) is 3.28. The second-order valence-electron chi connectivity index (χ2n) is 4.69. The summed E-state index contributed by atoms with van der Waals surface area (Å²) in [4.78, 5) is 0. The van der Waals surface area contributed by atoms with Crippen LogP contribution in [-0.4, -0.2) is 19.2 Å². The summed E-state index contributed by atoms with van der Waals surface area (Å²) in [5.74, 6) is 0.568. The van der Waals surface area contributed by atoms with Crippen molar-refractivity contribution in [3.63, 3.8) is 0 Å². The Labute approximate surface area is 102 Å². The second kappa shape index (κ2) is 6.01. The number of benzene rings is 1. The highest BCUT2D eigenvalue weighted by Gasteiger charge is 2.13. The highest BCUT2D eigenvalue weighted by Crippen LogP contribution is 2.19. The van der Waals surface area contributed by atoms with Crippen molar-refractivity contribution in [3.05, 3.63) is 29.6 Å². The van der Waals surface area contributed by atoms with E-state index in [1.165, 1.54) is 37.8 Å². The Hall–Kier alpha value is -1.09. The zero-order chi connectivity index (χ0) is 12.1. The first kappa shape index (κ1) is 12.4. The quantitative estimate of drug-likeness (QED) is 0.795. The summed E-state index contributed by atoms with van der Waals surface area (Å²) in [6.07, 6.45) is 5.26. The number of aryl methyl sites for hydroxylation is 1. The first-order chi connectivity index (χ1) is 8.25. The lowest BCUT2D eigenvalue weighted by Crippen LogP contribution is -2.30. The molecule has 0 atom stereocenters. The lowest BCUT2D eigenvalue weighted by Gasteiger charge is -2.13. The average Bonchev–Trinajstić information content (AvgIpc) is 2.79. The van der Waals surface area contributed by atoms with Crippen LogP contribution in [0.3, 0.4) is 0 Å². The second-order valence-corrected chi connectivity index (χ2v) is 4.69. The lowest BCUT2D eigenvalue weighted by atomic mass is 10.2. The molecule has 17 heavy (non-hydrogen) atoms. The van der Waals surface area contributed by atoms with Gasteiger partial charge < -0.3 is 10.1 Å². The van der Waals surface area contributed by atoms with Gasteiger partial charge >= 0.3 is 0 Å². The van der Waals surface area contributed by atoms with Gasteiger partial charge in [0.15, 0.2) is 0 Å². The molecule has 0 bridgehead atoms. The molecular weight excluding hydrogens is 217 g/mol. The van der Waals surface area contributed by atoms with Crippen molar-refractivity contribution in [1.29, 1.82) is 0 Å². The number of ether oxygens (including phenoxy) is 1. The Balaban J connectivity index is 1.70. The van der Waals surface area contributed by atoms with Crippen LogP contribution in [0.4, 0.5) is 4.39 Å². The smallest absolute Gasteiger partial charge is 0.123 e. The lowest BCUT2D eigenvalue weighted by molar-refractivity contribution is 0.303. The van der Waals surface area contributed by atoms with Crippen molar-refractivity contribution >= 4 is 0 Å². The van der Waals surface area contributed by atoms with Crippen LogP contribution >= 0.6 is 0 Å². The predicted octanol–water partition coefficient (Wildman–Crippen LogP) is 3.05. The van der Waals surface area contributed by atoms with E-state index in [0.717, 1.165) is 17.9 Å². The van der Waals surface area contributed by atoms with Crippen LogP contribution in [0.15, 0.2) is 18.2 Å². The topological polar surface area (TPSA) is 21.3 Å². The Bertz CT molecular complexity index is 361. The van der Waals surface area contributed by atoms with Gasteiger partial charge in [0, 0.05) is 12.6 Å². The van der Waals surface area contributed by atoms with Crippen LogP contribution in [0.1, 0.15) is 31.2 Å². The molecule has 1 aromatic rings. The number of hydrogen-bond donors (Lipinski definition) is 1. The van der Waals surface area contributed by atoms with Gasteiger partial charge in [-0.2, -0.15) is 0 Å². The predicted molar refractivity (Wildman–Crippen MR) is 66.9 cm³/mol. The van der Waals surface area contributed by atoms with Crippen molar-refractivity contribution in [2.45, 2.75) is 38.6 Å². The van der Waals surface area contributed by atoms with Gasteiger partial charge in [0.05, 0.1) is 0 Å². The molecule has 0 heterocycles. The van der Waals surface area contributed by atoms with Gasteiger partial charge in [-0.05, 0) is 43.5 Å². The Morgan fingerprint density at radius 2 is 2.12 bits per heavy atom. The van der Waals surface area contributed by atoms with Gasteiger partial charge in [-0.3, -0.25) is 0 Å². The van der Waals surface area contributed by atoms with Crippen LogP contribution < -0.4 is 10.1 Å². The maximum atomic E-state index is 12.9. The molecule has 2 rings (SSSR count). The molecule has 0 aliphatic heterocycles. The van der Waals surface area contributed by atoms with E-state index in [4.69, 9.17) is 4.74 Å². The molecular formula is C14H20FNO. The van der Waals surface area contributed by atoms with Gasteiger partial charge in [0.25, 0.3) is 0 Å². The first-order valence-electron chi connectivity index (χ1n) is 6.38. The van der Waals surface area contributed by atoms with E-state index in [1.807, 2.05) is 6.92 Å². The van der Waals surface area contributed by atoms with E-state index in [0.29, 0.717) is 12.6 Å². The number of nitrogens with one attached hydrogen (secondary N) is 1. The summed E-state index contributed by atoms with van der Waals surface area (Å²) < 4.78 is 18.5. The van der Waals surface area contributed by atoms with E-state index < -0.39 is 0 Å². The van der Waals surface area contributed by atoms with Crippen LogP contribution in [-0.2, 0) is 0 Å². The molecule has 1 aliphatic carbocycles. The summed E-state index contributed by atoms with van der Waals surface area (Å²) in [6, 6.07) is 5.31. The van der Waals surface area contributed by atoms with E-state index in [1.54, 1.807) is 6.07 Å². The standard InChI is InChI=1S/C14H20FNO/c1-11-10-12(15)6-7-14(11)17-9-8-16-13-4-2-3-5-13/h6-7,10,13,16H,2-5,8-9H2,1H3. The normalized spacial score (nSPS) is 16.4. The largest absolute Gasteiger partial charge is 0.492 e. The molecule has 1 saturated carbocycles. The van der Waals surface area contributed by atoms with Gasteiger partial charge in [0.1, 0.15) is 18.2 Å². The van der Waals surface area contributed by atoms with Crippen molar-refractivity contribution < 1.29 is 9.13 Å². The Morgan fingerprint density at radius 1 is 1.35 bits per heavy atom. The monoisotopic (exact) mass is 237 g/mol. The SMILES string of the molecule is Cc1cc(F)ccc1OCCNC1CCCC1. The average molecular weight is 237 g/mol. The molecule has 2 nitrogen and oxygen atoms in total. The first-order valence-corrected chi connectivity index (χ1v) is 6.38. The summed E-state index contributed by atoms with van der Waals surface area (Å²) >= 11 is 0. The zero-order valence-electron chi connectivity index (χ0n) is 10.3. The molecule has 0 aromatic heterocycles. The van der Waals surface area contributed by atoms with Crippen LogP contribution in [0.2, 0.25) is 0 Å². The van der Waals surface area contributed by atoms with Gasteiger partial charge in [-0.15, -0.1) is 0 Å². The third kappa shape index (κ3) is 3.70. The molecule has 1 aliphatic rings. The minimum Gasteiger partial charge on any atom is -0.492 e. The van der Waals surface area contributed by atoms with Crippen LogP contribution in [0.25, 0.3) is 0 Å². The van der Waals surface area contributed by atoms with E-state index in [9.17, 15) is 4.39 Å². The number of halogens is 1. The fourth-order valence-electron chi connectivity index (χ4n) is 2.33. The van der Waals surface area contributed by atoms with Gasteiger partial charge in [-0.1, -0.05) is 12.8 Å². The highest BCUT2D eigenvalue weighted by molar-refractivity contribution is 5.32. The van der Waals surface area contributed by atoms with Crippen LogP contribution in [0, 0.1) is 12.7 Å². The molecule has 1 aromatic carbocycles. The molecule has 0 unspecified atom stereocenters. The van der Waals surface area contributed by atoms with Gasteiger partial charge in [-0.25, -0.2) is 4.39 Å². The summed E-state index contributed by atoms with van der Waals surface area (Å²) in [7, 11) is 0. The maximum Gasteiger partial charge on any atom is 0.123 e. The van der Waals surface area contributed by atoms with E-state index in [-0.39, 0.29) is 5.82 Å². The Kier molecular flexibility index (Phi) is 4.37. The number of rotatable bonds is 5. The molecule has 0 saturated heterocycles. The molecule has 3 heteroatoms. The summed E-state index contributed by atoms with van der Waals surface area (Å²) in [6.45, 7) is 3.37. The van der Waals surface area contributed by atoms with Crippen molar-refractivity contribution in [2.24, 2.45) is 0 Å². The molecule has 0 amide bonds. The summed E-state index contributed by atoms with van der Waals surface area (Å²) in [5.41, 5.74) is 0.853. The fraction of sp³-hybridized carbons (Fsp3) is 0.571. The minimum atomic E-state index is -0.209. The zero-order valence-corrected chi connectivity index (χ0v) is 10.3. The van der Waals surface area contributed by atoms with E-state index in [2.05, 4.69) is 5.32 Å². The maximum absolute atomic E-state index is 12.9. The Morgan fingerprint density at radius 3 is 2.82 bits per heavy atom. The number of hydrogen-bond acceptors (Lipinski definition) is 2. The van der Waals surface area contributed by atoms with E-state index >= 15 is 0 Å². The highest BCUT2D eigenvalue weighted by atomic mass is 19.1. The van der Waals surface area contributed by atoms with Crippen LogP contribution in [0.5, 0.6) is 5.75 Å². The molecule has 1 fully saturated rings. The fourth-order valence-corrected chi connectivity index (χ4v) is 2.33. The van der Waals surface area contributed by atoms with Crippen molar-refractivity contribution in [2.75, 3.05) is 13.2 Å². The molecule has 1 N–H and O–H groups in total. The summed E-state index contributed by atoms with van der Waals surface area (Å²) in [5, 5.41) is 3.48. The molecule has 94 valence electrons. The molecule has 0 radical (unpaired) electrons. The van der Waals surface area contributed by atoms with Crippen molar-refractivity contribution in [3.8, 4) is 5.75 Å². The third-order valence-electron chi connectivity index (χ3n) is 3.28.